The SMILES string of the molecule is Cc1ccnc2c(-c3[c-]c(-c4nc5c(-c6c(O)ccc7c6oc6ccccc67)nccc5n4-c4ccc(C(C)(C)C)cc4)cc(C(C)(C)C)c3)cc(C(C)(C)C)cc12.[Pt]. The molecule has 0 spiro atoms. The van der Waals surface area contributed by atoms with Crippen molar-refractivity contribution < 1.29 is 30.6 Å². The molecule has 9 aromatic rings. The van der Waals surface area contributed by atoms with E-state index in [1.807, 2.05) is 42.6 Å². The zero-order chi connectivity index (χ0) is 40.9. The molecule has 0 atom stereocenters. The molecule has 4 aromatic heterocycles. The molecular formula is C52H49N4O2Pt-. The molecule has 0 radical (unpaired) electrons. The summed E-state index contributed by atoms with van der Waals surface area (Å²) < 4.78 is 8.67. The summed E-state index contributed by atoms with van der Waals surface area (Å²) in [6.07, 6.45) is 3.70. The molecule has 5 aromatic carbocycles. The number of imidazole rings is 1. The monoisotopic (exact) mass is 956 g/mol. The second kappa shape index (κ2) is 14.3. The molecule has 300 valence electrons. The first-order chi connectivity index (χ1) is 27.5. The van der Waals surface area contributed by atoms with E-state index in [1.165, 1.54) is 16.7 Å². The fourth-order valence-electron chi connectivity index (χ4n) is 8.04. The topological polar surface area (TPSA) is 77.0 Å². The van der Waals surface area contributed by atoms with Gasteiger partial charge in [-0.1, -0.05) is 116 Å². The van der Waals surface area contributed by atoms with Gasteiger partial charge in [-0.05, 0) is 87.7 Å². The number of nitrogens with zero attached hydrogens (tertiary/aromatic N) is 4. The Labute approximate surface area is 360 Å². The van der Waals surface area contributed by atoms with E-state index in [9.17, 15) is 5.11 Å². The number of aromatic hydroxyl groups is 1. The molecule has 0 aliphatic heterocycles. The number of phenolic OH excluding ortho intramolecular Hbond substituents is 1. The average molecular weight is 957 g/mol. The van der Waals surface area contributed by atoms with Crippen LogP contribution >= 0.6 is 0 Å². The van der Waals surface area contributed by atoms with E-state index < -0.39 is 0 Å². The van der Waals surface area contributed by atoms with Crippen molar-refractivity contribution >= 4 is 43.9 Å². The van der Waals surface area contributed by atoms with E-state index in [1.54, 1.807) is 12.3 Å². The number of benzene rings is 5. The second-order valence-electron chi connectivity index (χ2n) is 18.8. The van der Waals surface area contributed by atoms with Crippen molar-refractivity contribution in [3.05, 3.63) is 138 Å². The molecule has 0 amide bonds. The third kappa shape index (κ3) is 6.95. The van der Waals surface area contributed by atoms with Crippen molar-refractivity contribution in [3.8, 4) is 45.2 Å². The number of hydrogen-bond donors (Lipinski definition) is 1. The van der Waals surface area contributed by atoms with Crippen molar-refractivity contribution in [2.45, 2.75) is 85.5 Å². The summed E-state index contributed by atoms with van der Waals surface area (Å²) in [4.78, 5) is 15.4. The Morgan fingerprint density at radius 1 is 0.627 bits per heavy atom. The Kier molecular flexibility index (Phi) is 9.75. The first kappa shape index (κ1) is 40.2. The maximum absolute atomic E-state index is 11.6. The predicted molar refractivity (Wildman–Crippen MR) is 239 cm³/mol. The summed E-state index contributed by atoms with van der Waals surface area (Å²) in [6, 6.07) is 37.4. The Balaban J connectivity index is 0.00000484. The largest absolute Gasteiger partial charge is 0.507 e. The first-order valence-corrected chi connectivity index (χ1v) is 20.1. The zero-order valence-electron chi connectivity index (χ0n) is 35.4. The van der Waals surface area contributed by atoms with Gasteiger partial charge >= 0.3 is 0 Å². The number of aromatic nitrogens is 4. The zero-order valence-corrected chi connectivity index (χ0v) is 37.6. The molecule has 4 heterocycles. The van der Waals surface area contributed by atoms with Gasteiger partial charge in [-0.15, -0.1) is 29.3 Å². The van der Waals surface area contributed by atoms with Gasteiger partial charge in [0.15, 0.2) is 0 Å². The molecule has 0 bridgehead atoms. The molecule has 0 aliphatic rings. The summed E-state index contributed by atoms with van der Waals surface area (Å²) in [5, 5.41) is 14.6. The van der Waals surface area contributed by atoms with Gasteiger partial charge in [0.25, 0.3) is 0 Å². The van der Waals surface area contributed by atoms with Gasteiger partial charge in [0.2, 0.25) is 0 Å². The summed E-state index contributed by atoms with van der Waals surface area (Å²) in [5.74, 6) is 0.797. The normalized spacial score (nSPS) is 12.5. The molecule has 7 heteroatoms. The fraction of sp³-hybridized carbons (Fsp3) is 0.250. The van der Waals surface area contributed by atoms with Crippen LogP contribution in [-0.2, 0) is 37.3 Å². The number of furan rings is 1. The molecule has 0 saturated heterocycles. The van der Waals surface area contributed by atoms with Crippen LogP contribution in [0.3, 0.4) is 0 Å². The van der Waals surface area contributed by atoms with Crippen molar-refractivity contribution in [2.24, 2.45) is 0 Å². The number of fused-ring (bicyclic) bond motifs is 5. The van der Waals surface area contributed by atoms with Gasteiger partial charge in [-0.2, -0.15) is 0 Å². The molecule has 0 fully saturated rings. The van der Waals surface area contributed by atoms with E-state index in [2.05, 4.69) is 134 Å². The Bertz CT molecular complexity index is 3080. The van der Waals surface area contributed by atoms with E-state index in [0.29, 0.717) is 22.4 Å². The van der Waals surface area contributed by atoms with Crippen LogP contribution < -0.4 is 0 Å². The van der Waals surface area contributed by atoms with Crippen molar-refractivity contribution in [3.63, 3.8) is 0 Å². The van der Waals surface area contributed by atoms with E-state index in [4.69, 9.17) is 19.4 Å². The van der Waals surface area contributed by atoms with Crippen LogP contribution in [0.5, 0.6) is 5.75 Å². The summed E-state index contributed by atoms with van der Waals surface area (Å²) >= 11 is 0. The second-order valence-corrected chi connectivity index (χ2v) is 18.8. The standard InChI is InChI=1S/C52H49N4O2.Pt/c1-30-21-23-53-45-39(30)28-35(52(8,9)10)29-40(45)31-25-32(27-34(26-31)51(5,6)7)49-55-46-41(56(49)36-17-15-33(16-18-36)50(2,3)4)22-24-54-47(46)44-42(57)20-19-38-37-13-11-12-14-43(37)58-48(38)44;/h11-24,26-29,57H,1-10H3;/q-1;. The molecule has 0 saturated carbocycles. The average Bonchev–Trinajstić information content (AvgIpc) is 3.76. The minimum atomic E-state index is -0.194. The van der Waals surface area contributed by atoms with Crippen molar-refractivity contribution in [2.75, 3.05) is 0 Å². The van der Waals surface area contributed by atoms with Gasteiger partial charge in [-0.3, -0.25) is 15.0 Å². The number of aryl methyl sites for hydroxylation is 1. The number of para-hydroxylation sites is 1. The summed E-state index contributed by atoms with van der Waals surface area (Å²) in [6.45, 7) is 22.3. The maximum atomic E-state index is 11.6. The predicted octanol–water partition coefficient (Wildman–Crippen LogP) is 13.6. The van der Waals surface area contributed by atoms with Gasteiger partial charge in [0.05, 0.1) is 16.9 Å². The molecule has 0 aliphatic carbocycles. The van der Waals surface area contributed by atoms with E-state index in [-0.39, 0.29) is 43.1 Å². The Morgan fingerprint density at radius 3 is 2.00 bits per heavy atom. The number of pyridine rings is 2. The van der Waals surface area contributed by atoms with Crippen LogP contribution in [0.2, 0.25) is 0 Å². The van der Waals surface area contributed by atoms with E-state index >= 15 is 0 Å². The number of phenols is 1. The number of rotatable bonds is 4. The summed E-state index contributed by atoms with van der Waals surface area (Å²) in [5.41, 5.74) is 13.2. The van der Waals surface area contributed by atoms with Crippen LogP contribution in [0, 0.1) is 13.0 Å². The van der Waals surface area contributed by atoms with Gasteiger partial charge in [0.1, 0.15) is 28.1 Å². The molecular weight excluding hydrogens is 908 g/mol. The summed E-state index contributed by atoms with van der Waals surface area (Å²) in [7, 11) is 0. The van der Waals surface area contributed by atoms with Crippen LogP contribution in [0.1, 0.15) is 84.6 Å². The Hall–Kier alpha value is -5.58. The van der Waals surface area contributed by atoms with Crippen LogP contribution in [0.4, 0.5) is 0 Å². The van der Waals surface area contributed by atoms with Crippen LogP contribution in [-0.4, -0.2) is 24.6 Å². The molecule has 59 heavy (non-hydrogen) atoms. The Morgan fingerprint density at radius 2 is 1.29 bits per heavy atom. The van der Waals surface area contributed by atoms with Gasteiger partial charge < -0.3 is 14.1 Å². The minimum Gasteiger partial charge on any atom is -0.507 e. The fourth-order valence-corrected chi connectivity index (χ4v) is 8.04. The third-order valence-electron chi connectivity index (χ3n) is 11.5. The van der Waals surface area contributed by atoms with Crippen LogP contribution in [0.15, 0.2) is 114 Å². The van der Waals surface area contributed by atoms with E-state index in [0.717, 1.165) is 66.5 Å². The quantitative estimate of drug-likeness (QED) is 0.178. The molecule has 9 rings (SSSR count). The minimum absolute atomic E-state index is 0. The molecule has 1 N–H and O–H groups in total. The smallest absolute Gasteiger partial charge is 0.148 e. The van der Waals surface area contributed by atoms with Gasteiger partial charge in [-0.25, -0.2) is 0 Å². The maximum Gasteiger partial charge on any atom is 0.148 e. The molecule has 0 unspecified atom stereocenters. The first-order valence-electron chi connectivity index (χ1n) is 20.1. The van der Waals surface area contributed by atoms with Crippen molar-refractivity contribution in [1.29, 1.82) is 0 Å². The number of hydrogen-bond acceptors (Lipinski definition) is 5. The molecule has 6 nitrogen and oxygen atoms in total. The van der Waals surface area contributed by atoms with Gasteiger partial charge in [0, 0.05) is 55.4 Å². The van der Waals surface area contributed by atoms with Crippen molar-refractivity contribution in [1.82, 2.24) is 19.5 Å². The van der Waals surface area contributed by atoms with Crippen LogP contribution in [0.25, 0.3) is 83.3 Å². The third-order valence-corrected chi connectivity index (χ3v) is 11.5.